The van der Waals surface area contributed by atoms with Crippen molar-refractivity contribution in [3.63, 3.8) is 0 Å². The molecule has 2 heteroatoms. The van der Waals surface area contributed by atoms with Crippen LogP contribution in [0.25, 0.3) is 0 Å². The third-order valence-electron chi connectivity index (χ3n) is 2.87. The van der Waals surface area contributed by atoms with Gasteiger partial charge in [0, 0.05) is 21.8 Å². The SMILES string of the molecule is CCCCC[S@@](=O)C1CCCCC1. The predicted molar refractivity (Wildman–Crippen MR) is 59.4 cm³/mol. The summed E-state index contributed by atoms with van der Waals surface area (Å²) in [5.41, 5.74) is 0. The molecule has 0 N–H and O–H groups in total. The zero-order chi connectivity index (χ0) is 9.52. The van der Waals surface area contributed by atoms with E-state index in [4.69, 9.17) is 0 Å². The van der Waals surface area contributed by atoms with E-state index >= 15 is 0 Å². The molecule has 1 fully saturated rings. The van der Waals surface area contributed by atoms with Crippen molar-refractivity contribution in [1.29, 1.82) is 0 Å². The van der Waals surface area contributed by atoms with Gasteiger partial charge in [-0.25, -0.2) is 0 Å². The van der Waals surface area contributed by atoms with Crippen LogP contribution in [0.3, 0.4) is 0 Å². The van der Waals surface area contributed by atoms with Gasteiger partial charge in [0.25, 0.3) is 0 Å². The first-order valence-corrected chi connectivity index (χ1v) is 7.10. The third-order valence-corrected chi connectivity index (χ3v) is 4.78. The molecule has 0 amide bonds. The number of hydrogen-bond acceptors (Lipinski definition) is 1. The second-order valence-corrected chi connectivity index (χ2v) is 5.89. The van der Waals surface area contributed by atoms with Gasteiger partial charge in [0.05, 0.1) is 0 Å². The van der Waals surface area contributed by atoms with Crippen LogP contribution in [-0.4, -0.2) is 15.2 Å². The van der Waals surface area contributed by atoms with Crippen LogP contribution in [0.15, 0.2) is 0 Å². The van der Waals surface area contributed by atoms with Gasteiger partial charge in [-0.3, -0.25) is 4.21 Å². The molecular formula is C11H22OS. The fourth-order valence-corrected chi connectivity index (χ4v) is 3.67. The molecule has 0 aromatic rings. The van der Waals surface area contributed by atoms with Crippen LogP contribution in [0.4, 0.5) is 0 Å². The summed E-state index contributed by atoms with van der Waals surface area (Å²) in [6.45, 7) is 2.20. The van der Waals surface area contributed by atoms with Crippen LogP contribution in [0, 0.1) is 0 Å². The van der Waals surface area contributed by atoms with E-state index in [9.17, 15) is 4.21 Å². The van der Waals surface area contributed by atoms with Crippen LogP contribution < -0.4 is 0 Å². The topological polar surface area (TPSA) is 17.1 Å². The molecule has 0 radical (unpaired) electrons. The van der Waals surface area contributed by atoms with Gasteiger partial charge in [0.2, 0.25) is 0 Å². The van der Waals surface area contributed by atoms with E-state index in [1.54, 1.807) is 0 Å². The van der Waals surface area contributed by atoms with Crippen molar-refractivity contribution in [2.24, 2.45) is 0 Å². The Bertz CT molecular complexity index is 150. The van der Waals surface area contributed by atoms with Crippen molar-refractivity contribution in [1.82, 2.24) is 0 Å². The van der Waals surface area contributed by atoms with Crippen LogP contribution >= 0.6 is 0 Å². The van der Waals surface area contributed by atoms with Crippen LogP contribution in [0.1, 0.15) is 58.3 Å². The molecule has 13 heavy (non-hydrogen) atoms. The summed E-state index contributed by atoms with van der Waals surface area (Å²) < 4.78 is 11.8. The van der Waals surface area contributed by atoms with E-state index in [2.05, 4.69) is 6.92 Å². The summed E-state index contributed by atoms with van der Waals surface area (Å²) in [5.74, 6) is 0.957. The minimum absolute atomic E-state index is 0.508. The Morgan fingerprint density at radius 2 is 1.85 bits per heavy atom. The van der Waals surface area contributed by atoms with Crippen molar-refractivity contribution in [2.75, 3.05) is 5.75 Å². The van der Waals surface area contributed by atoms with Gasteiger partial charge < -0.3 is 0 Å². The molecule has 0 saturated heterocycles. The lowest BCUT2D eigenvalue weighted by Crippen LogP contribution is -2.20. The first-order chi connectivity index (χ1) is 6.34. The summed E-state index contributed by atoms with van der Waals surface area (Å²) in [7, 11) is -0.508. The van der Waals surface area contributed by atoms with Crippen LogP contribution in [-0.2, 0) is 10.8 Å². The summed E-state index contributed by atoms with van der Waals surface area (Å²) in [6, 6.07) is 0. The van der Waals surface area contributed by atoms with Gasteiger partial charge in [-0.1, -0.05) is 39.0 Å². The second-order valence-electron chi connectivity index (χ2n) is 4.05. The van der Waals surface area contributed by atoms with Crippen molar-refractivity contribution in [2.45, 2.75) is 63.5 Å². The Morgan fingerprint density at radius 1 is 1.15 bits per heavy atom. The molecule has 0 aromatic carbocycles. The van der Waals surface area contributed by atoms with E-state index in [-0.39, 0.29) is 0 Å². The molecule has 1 rings (SSSR count). The Labute approximate surface area is 84.8 Å². The van der Waals surface area contributed by atoms with Crippen molar-refractivity contribution < 1.29 is 4.21 Å². The standard InChI is InChI=1S/C11H22OS/c1-2-3-7-10-13(12)11-8-5-4-6-9-11/h11H,2-10H2,1H3/t13-/m1/s1. The van der Waals surface area contributed by atoms with Gasteiger partial charge in [-0.05, 0) is 19.3 Å². The maximum atomic E-state index is 11.8. The molecule has 0 unspecified atom stereocenters. The molecule has 0 aliphatic heterocycles. The predicted octanol–water partition coefficient (Wildman–Crippen LogP) is 3.26. The summed E-state index contributed by atoms with van der Waals surface area (Å²) in [4.78, 5) is 0. The maximum absolute atomic E-state index is 11.8. The lowest BCUT2D eigenvalue weighted by Gasteiger charge is -2.20. The summed E-state index contributed by atoms with van der Waals surface area (Å²) in [5, 5.41) is 0.547. The zero-order valence-electron chi connectivity index (χ0n) is 8.76. The molecule has 1 atom stereocenters. The van der Waals surface area contributed by atoms with Crippen molar-refractivity contribution in [3.8, 4) is 0 Å². The number of rotatable bonds is 5. The lowest BCUT2D eigenvalue weighted by atomic mass is 10.0. The van der Waals surface area contributed by atoms with E-state index in [0.717, 1.165) is 5.75 Å². The van der Waals surface area contributed by atoms with Gasteiger partial charge in [-0.2, -0.15) is 0 Å². The Kier molecular flexibility index (Phi) is 5.68. The Balaban J connectivity index is 2.13. The molecule has 1 aliphatic rings. The van der Waals surface area contributed by atoms with E-state index in [1.807, 2.05) is 0 Å². The smallest absolute Gasteiger partial charge is 0.0348 e. The highest BCUT2D eigenvalue weighted by atomic mass is 32.2. The van der Waals surface area contributed by atoms with Crippen LogP contribution in [0.5, 0.6) is 0 Å². The first-order valence-electron chi connectivity index (χ1n) is 5.71. The maximum Gasteiger partial charge on any atom is 0.0348 e. The molecule has 0 aromatic heterocycles. The second kappa shape index (κ2) is 6.58. The highest BCUT2D eigenvalue weighted by Crippen LogP contribution is 2.22. The molecule has 78 valence electrons. The molecular weight excluding hydrogens is 180 g/mol. The average molecular weight is 202 g/mol. The Hall–Kier alpha value is 0.150. The molecule has 0 heterocycles. The Morgan fingerprint density at radius 3 is 2.46 bits per heavy atom. The highest BCUT2D eigenvalue weighted by Gasteiger charge is 2.18. The minimum Gasteiger partial charge on any atom is -0.259 e. The average Bonchev–Trinajstić information content (AvgIpc) is 2.19. The number of hydrogen-bond donors (Lipinski definition) is 0. The van der Waals surface area contributed by atoms with Gasteiger partial charge in [0.1, 0.15) is 0 Å². The summed E-state index contributed by atoms with van der Waals surface area (Å²) in [6.07, 6.45) is 10.1. The van der Waals surface area contributed by atoms with E-state index in [1.165, 1.54) is 51.4 Å². The molecule has 1 aliphatic carbocycles. The zero-order valence-corrected chi connectivity index (χ0v) is 9.57. The number of unbranched alkanes of at least 4 members (excludes halogenated alkanes) is 2. The highest BCUT2D eigenvalue weighted by molar-refractivity contribution is 7.85. The van der Waals surface area contributed by atoms with Crippen LogP contribution in [0.2, 0.25) is 0 Å². The fourth-order valence-electron chi connectivity index (χ4n) is 1.99. The fraction of sp³-hybridized carbons (Fsp3) is 1.00. The van der Waals surface area contributed by atoms with Gasteiger partial charge >= 0.3 is 0 Å². The van der Waals surface area contributed by atoms with Crippen molar-refractivity contribution >= 4 is 10.8 Å². The molecule has 1 saturated carbocycles. The monoisotopic (exact) mass is 202 g/mol. The normalized spacial score (nSPS) is 21.6. The van der Waals surface area contributed by atoms with Crippen molar-refractivity contribution in [3.05, 3.63) is 0 Å². The quantitative estimate of drug-likeness (QED) is 0.625. The third kappa shape index (κ3) is 4.26. The molecule has 1 nitrogen and oxygen atoms in total. The molecule has 0 spiro atoms. The summed E-state index contributed by atoms with van der Waals surface area (Å²) >= 11 is 0. The molecule has 0 bridgehead atoms. The van der Waals surface area contributed by atoms with E-state index in [0.29, 0.717) is 5.25 Å². The van der Waals surface area contributed by atoms with Gasteiger partial charge in [-0.15, -0.1) is 0 Å². The van der Waals surface area contributed by atoms with E-state index < -0.39 is 10.8 Å². The first kappa shape index (κ1) is 11.2. The largest absolute Gasteiger partial charge is 0.259 e. The lowest BCUT2D eigenvalue weighted by molar-refractivity contribution is 0.504. The minimum atomic E-state index is -0.508. The van der Waals surface area contributed by atoms with Gasteiger partial charge in [0.15, 0.2) is 0 Å².